The van der Waals surface area contributed by atoms with Crippen LogP contribution in [0.15, 0.2) is 114 Å². The summed E-state index contributed by atoms with van der Waals surface area (Å²) in [5.74, 6) is 2.69. The van der Waals surface area contributed by atoms with Gasteiger partial charge in [0.25, 0.3) is 0 Å². The first-order valence-electron chi connectivity index (χ1n) is 16.2. The first-order valence-corrected chi connectivity index (χ1v) is 18.1. The van der Waals surface area contributed by atoms with E-state index in [4.69, 9.17) is 14.2 Å². The lowest BCUT2D eigenvalue weighted by Crippen LogP contribution is -2.58. The number of rotatable bonds is 11. The molecule has 0 aromatic heterocycles. The van der Waals surface area contributed by atoms with Crippen molar-refractivity contribution in [3.8, 4) is 34.1 Å². The maximum atomic E-state index is 12.1. The minimum absolute atomic E-state index is 0.0740. The van der Waals surface area contributed by atoms with Crippen LogP contribution < -0.4 is 14.2 Å². The Bertz CT molecular complexity index is 2020. The summed E-state index contributed by atoms with van der Waals surface area (Å²) in [5, 5.41) is 11.2. The molecule has 0 saturated carbocycles. The summed E-state index contributed by atoms with van der Waals surface area (Å²) >= 11 is 0. The summed E-state index contributed by atoms with van der Waals surface area (Å²) in [6.45, 7) is 6.71. The Hall–Kier alpha value is -5.06. The van der Waals surface area contributed by atoms with Crippen LogP contribution in [-0.2, 0) is 16.4 Å². The van der Waals surface area contributed by atoms with Gasteiger partial charge >= 0.3 is 6.09 Å². The number of fused-ring (bicyclic) bond motifs is 1. The van der Waals surface area contributed by atoms with Crippen LogP contribution in [0.25, 0.3) is 21.9 Å². The average molecular weight is 681 g/mol. The van der Waals surface area contributed by atoms with Gasteiger partial charge in [-0.25, -0.2) is 13.2 Å². The van der Waals surface area contributed by atoms with E-state index >= 15 is 0 Å². The number of benzene rings is 5. The summed E-state index contributed by atoms with van der Waals surface area (Å²) < 4.78 is 42.9. The first kappa shape index (κ1) is 33.8. The van der Waals surface area contributed by atoms with Crippen molar-refractivity contribution >= 4 is 26.7 Å². The van der Waals surface area contributed by atoms with Gasteiger partial charge in [-0.2, -0.15) is 0 Å². The van der Waals surface area contributed by atoms with Gasteiger partial charge in [0.2, 0.25) is 0 Å². The summed E-state index contributed by atoms with van der Waals surface area (Å²) in [7, 11) is -3.34. The number of ether oxygens (including phenoxy) is 3. The number of nitrogens with zero attached hydrogens (tertiary/aromatic N) is 2. The number of sulfone groups is 1. The van der Waals surface area contributed by atoms with E-state index in [9.17, 15) is 18.3 Å². The molecule has 49 heavy (non-hydrogen) atoms. The Kier molecular flexibility index (Phi) is 10.1. The van der Waals surface area contributed by atoms with Crippen LogP contribution in [0.5, 0.6) is 23.0 Å². The van der Waals surface area contributed by atoms with Crippen molar-refractivity contribution in [2.45, 2.75) is 37.4 Å². The van der Waals surface area contributed by atoms with Crippen LogP contribution in [0, 0.1) is 0 Å². The predicted molar refractivity (Wildman–Crippen MR) is 191 cm³/mol. The van der Waals surface area contributed by atoms with Crippen molar-refractivity contribution in [3.05, 3.63) is 115 Å². The van der Waals surface area contributed by atoms with E-state index in [0.29, 0.717) is 50.1 Å². The number of hydrogen-bond acceptors (Lipinski definition) is 7. The molecule has 0 spiro atoms. The van der Waals surface area contributed by atoms with E-state index in [2.05, 4.69) is 4.90 Å². The van der Waals surface area contributed by atoms with Gasteiger partial charge in [0.05, 0.1) is 4.90 Å². The highest BCUT2D eigenvalue weighted by molar-refractivity contribution is 7.90. The van der Waals surface area contributed by atoms with E-state index in [1.165, 1.54) is 11.2 Å². The number of carbonyl (C=O) groups is 1. The zero-order valence-corrected chi connectivity index (χ0v) is 28.6. The standard InChI is InChI=1S/C39H40N2O7S/c1-27-25-41(39(42)43)28(2)24-40(27)21-22-46-32-12-14-33(15-13-32)48-38-36(30-9-17-35(18-10-30)49(3,44)45)19-11-31-23-34(16-20-37(31)38)47-26-29-7-5-4-6-8-29/h4-20,23,27-28H,21-22,24-26H2,1-3H3,(H,42,43)/t27-,28+/m0/s1. The second-order valence-electron chi connectivity index (χ2n) is 12.4. The second kappa shape index (κ2) is 14.6. The van der Waals surface area contributed by atoms with Gasteiger partial charge < -0.3 is 24.2 Å². The van der Waals surface area contributed by atoms with Gasteiger partial charge in [-0.1, -0.05) is 48.5 Å². The average Bonchev–Trinajstić information content (AvgIpc) is 3.09. The molecule has 0 aliphatic carbocycles. The lowest BCUT2D eigenvalue weighted by molar-refractivity contribution is 0.0373. The van der Waals surface area contributed by atoms with Gasteiger partial charge in [-0.15, -0.1) is 0 Å². The largest absolute Gasteiger partial charge is 0.492 e. The molecule has 1 saturated heterocycles. The lowest BCUT2D eigenvalue weighted by Gasteiger charge is -2.42. The lowest BCUT2D eigenvalue weighted by atomic mass is 9.99. The summed E-state index contributed by atoms with van der Waals surface area (Å²) in [5.41, 5.74) is 2.72. The van der Waals surface area contributed by atoms with Crippen LogP contribution in [0.3, 0.4) is 0 Å². The third kappa shape index (κ3) is 8.16. The zero-order valence-electron chi connectivity index (χ0n) is 27.8. The van der Waals surface area contributed by atoms with Crippen LogP contribution in [-0.4, -0.2) is 74.0 Å². The molecule has 1 heterocycles. The number of amides is 1. The quantitative estimate of drug-likeness (QED) is 0.151. The highest BCUT2D eigenvalue weighted by Gasteiger charge is 2.31. The van der Waals surface area contributed by atoms with Gasteiger partial charge in [-0.05, 0) is 91.0 Å². The molecular formula is C39H40N2O7S. The third-order valence-corrected chi connectivity index (χ3v) is 9.96. The van der Waals surface area contributed by atoms with Gasteiger partial charge in [0.1, 0.15) is 36.2 Å². The van der Waals surface area contributed by atoms with E-state index < -0.39 is 15.9 Å². The fourth-order valence-electron chi connectivity index (χ4n) is 6.11. The fraction of sp³-hybridized carbons (Fsp3) is 0.256. The molecule has 1 N–H and O–H groups in total. The van der Waals surface area contributed by atoms with E-state index in [0.717, 1.165) is 33.2 Å². The first-order chi connectivity index (χ1) is 23.5. The Morgan fingerprint density at radius 3 is 2.18 bits per heavy atom. The summed E-state index contributed by atoms with van der Waals surface area (Å²) in [4.78, 5) is 15.5. The maximum absolute atomic E-state index is 12.1. The van der Waals surface area contributed by atoms with Crippen LogP contribution in [0.2, 0.25) is 0 Å². The molecule has 254 valence electrons. The number of hydrogen-bond donors (Lipinski definition) is 1. The molecule has 5 aromatic rings. The highest BCUT2D eigenvalue weighted by atomic mass is 32.2. The Morgan fingerprint density at radius 1 is 0.796 bits per heavy atom. The Morgan fingerprint density at radius 2 is 1.49 bits per heavy atom. The van der Waals surface area contributed by atoms with Crippen LogP contribution in [0.1, 0.15) is 19.4 Å². The SMILES string of the molecule is C[C@@H]1CN(CCOc2ccc(Oc3c(-c4ccc(S(C)(=O)=O)cc4)ccc4cc(OCc5ccccc5)ccc34)cc2)[C@@H](C)CN1C(=O)O. The molecular weight excluding hydrogens is 641 g/mol. The molecule has 9 nitrogen and oxygen atoms in total. The van der Waals surface area contributed by atoms with Crippen LogP contribution in [0.4, 0.5) is 4.79 Å². The molecule has 6 rings (SSSR count). The van der Waals surface area contributed by atoms with Crippen LogP contribution >= 0.6 is 0 Å². The van der Waals surface area contributed by atoms with Crippen molar-refractivity contribution < 1.29 is 32.5 Å². The minimum atomic E-state index is -3.34. The van der Waals surface area contributed by atoms with E-state index in [1.54, 1.807) is 24.3 Å². The van der Waals surface area contributed by atoms with Gasteiger partial charge in [0.15, 0.2) is 9.84 Å². The fourth-order valence-corrected chi connectivity index (χ4v) is 6.74. The van der Waals surface area contributed by atoms with E-state index in [-0.39, 0.29) is 17.0 Å². The Balaban J connectivity index is 1.20. The van der Waals surface area contributed by atoms with Crippen molar-refractivity contribution in [3.63, 3.8) is 0 Å². The number of piperazine rings is 1. The number of carboxylic acid groups (broad SMARTS) is 1. The molecule has 1 aliphatic rings. The van der Waals surface area contributed by atoms with Gasteiger partial charge in [-0.3, -0.25) is 4.90 Å². The van der Waals surface area contributed by atoms with Crippen molar-refractivity contribution in [1.29, 1.82) is 0 Å². The molecule has 2 atom stereocenters. The van der Waals surface area contributed by atoms with Gasteiger partial charge in [0, 0.05) is 48.9 Å². The molecule has 1 amide bonds. The normalized spacial score (nSPS) is 16.8. The molecule has 1 aliphatic heterocycles. The van der Waals surface area contributed by atoms with Crippen molar-refractivity contribution in [2.75, 3.05) is 32.5 Å². The van der Waals surface area contributed by atoms with Crippen molar-refractivity contribution in [2.24, 2.45) is 0 Å². The molecule has 10 heteroatoms. The summed E-state index contributed by atoms with van der Waals surface area (Å²) in [6.07, 6.45) is 0.316. The third-order valence-electron chi connectivity index (χ3n) is 8.84. The monoisotopic (exact) mass is 680 g/mol. The Labute approximate surface area is 287 Å². The molecule has 1 fully saturated rings. The second-order valence-corrected chi connectivity index (χ2v) is 14.5. The smallest absolute Gasteiger partial charge is 0.407 e. The summed E-state index contributed by atoms with van der Waals surface area (Å²) in [6, 6.07) is 34.2. The highest BCUT2D eigenvalue weighted by Crippen LogP contribution is 2.41. The molecule has 5 aromatic carbocycles. The van der Waals surface area contributed by atoms with Crippen molar-refractivity contribution in [1.82, 2.24) is 9.80 Å². The molecule has 0 radical (unpaired) electrons. The molecule has 0 unspecified atom stereocenters. The molecule has 0 bridgehead atoms. The topological polar surface area (TPSA) is 106 Å². The zero-order chi connectivity index (χ0) is 34.5. The minimum Gasteiger partial charge on any atom is -0.492 e. The predicted octanol–water partition coefficient (Wildman–Crippen LogP) is 7.73. The maximum Gasteiger partial charge on any atom is 0.407 e. The van der Waals surface area contributed by atoms with E-state index in [1.807, 2.05) is 98.8 Å².